The second kappa shape index (κ2) is 7.57. The van der Waals surface area contributed by atoms with E-state index in [0.717, 1.165) is 16.9 Å². The first-order valence-electron chi connectivity index (χ1n) is 8.95. The standard InChI is InChI=1S/C22H24ClN3O/c1-15-9-11-17(12-10-15)26-20(14-19(25-26)22(2,3)4)24-21(27)13-16-7-5-6-8-18(16)23/h5-12,14H,13H2,1-4H3,(H,24,27). The van der Waals surface area contributed by atoms with Crippen LogP contribution in [0.15, 0.2) is 54.6 Å². The molecule has 0 aliphatic heterocycles. The number of nitrogens with one attached hydrogen (secondary N) is 1. The van der Waals surface area contributed by atoms with Crippen LogP contribution in [-0.2, 0) is 16.6 Å². The van der Waals surface area contributed by atoms with Crippen molar-refractivity contribution in [3.05, 3.63) is 76.4 Å². The average Bonchev–Trinajstić information content (AvgIpc) is 3.02. The first kappa shape index (κ1) is 19.2. The lowest BCUT2D eigenvalue weighted by molar-refractivity contribution is -0.115. The Morgan fingerprint density at radius 2 is 1.78 bits per heavy atom. The Labute approximate surface area is 165 Å². The van der Waals surface area contributed by atoms with Gasteiger partial charge in [0.1, 0.15) is 5.82 Å². The van der Waals surface area contributed by atoms with E-state index < -0.39 is 0 Å². The lowest BCUT2D eigenvalue weighted by atomic mass is 9.92. The number of halogens is 1. The van der Waals surface area contributed by atoms with Crippen molar-refractivity contribution in [1.82, 2.24) is 9.78 Å². The Bertz CT molecular complexity index is 952. The molecular formula is C22H24ClN3O. The topological polar surface area (TPSA) is 46.9 Å². The van der Waals surface area contributed by atoms with Gasteiger partial charge in [0.05, 0.1) is 17.8 Å². The van der Waals surface area contributed by atoms with Crippen molar-refractivity contribution in [3.63, 3.8) is 0 Å². The largest absolute Gasteiger partial charge is 0.310 e. The molecule has 0 saturated heterocycles. The van der Waals surface area contributed by atoms with Crippen LogP contribution < -0.4 is 5.32 Å². The first-order valence-corrected chi connectivity index (χ1v) is 9.33. The zero-order valence-corrected chi connectivity index (χ0v) is 16.8. The maximum atomic E-state index is 12.6. The highest BCUT2D eigenvalue weighted by Gasteiger charge is 2.21. The number of hydrogen-bond donors (Lipinski definition) is 1. The third-order valence-electron chi connectivity index (χ3n) is 4.33. The fourth-order valence-electron chi connectivity index (χ4n) is 2.72. The summed E-state index contributed by atoms with van der Waals surface area (Å²) in [6.07, 6.45) is 0.212. The summed E-state index contributed by atoms with van der Waals surface area (Å²) in [5.74, 6) is 0.526. The van der Waals surface area contributed by atoms with Gasteiger partial charge in [-0.2, -0.15) is 5.10 Å². The number of rotatable bonds is 4. The number of anilines is 1. The zero-order chi connectivity index (χ0) is 19.6. The Balaban J connectivity index is 1.91. The van der Waals surface area contributed by atoms with Gasteiger partial charge in [-0.15, -0.1) is 0 Å². The van der Waals surface area contributed by atoms with Crippen molar-refractivity contribution < 1.29 is 4.79 Å². The minimum Gasteiger partial charge on any atom is -0.310 e. The number of benzene rings is 2. The molecule has 1 heterocycles. The molecule has 0 aliphatic carbocycles. The van der Waals surface area contributed by atoms with Crippen LogP contribution in [0.5, 0.6) is 0 Å². The molecule has 27 heavy (non-hydrogen) atoms. The quantitative estimate of drug-likeness (QED) is 0.665. The molecule has 3 aromatic rings. The third-order valence-corrected chi connectivity index (χ3v) is 4.70. The molecule has 0 saturated carbocycles. The molecule has 1 amide bonds. The molecule has 0 spiro atoms. The molecule has 0 bridgehead atoms. The van der Waals surface area contributed by atoms with Crippen molar-refractivity contribution in [1.29, 1.82) is 0 Å². The summed E-state index contributed by atoms with van der Waals surface area (Å²) < 4.78 is 1.78. The molecule has 0 fully saturated rings. The van der Waals surface area contributed by atoms with Crippen LogP contribution in [-0.4, -0.2) is 15.7 Å². The summed E-state index contributed by atoms with van der Waals surface area (Å²) >= 11 is 6.18. The second-order valence-corrected chi connectivity index (χ2v) is 8.14. The minimum absolute atomic E-state index is 0.127. The molecular weight excluding hydrogens is 358 g/mol. The fourth-order valence-corrected chi connectivity index (χ4v) is 2.92. The van der Waals surface area contributed by atoms with E-state index in [4.69, 9.17) is 16.7 Å². The molecule has 0 aliphatic rings. The highest BCUT2D eigenvalue weighted by Crippen LogP contribution is 2.27. The van der Waals surface area contributed by atoms with E-state index >= 15 is 0 Å². The van der Waals surface area contributed by atoms with Crippen molar-refractivity contribution in [2.45, 2.75) is 39.5 Å². The number of aryl methyl sites for hydroxylation is 1. The highest BCUT2D eigenvalue weighted by molar-refractivity contribution is 6.31. The normalized spacial score (nSPS) is 11.4. The summed E-state index contributed by atoms with van der Waals surface area (Å²) in [7, 11) is 0. The van der Waals surface area contributed by atoms with E-state index in [0.29, 0.717) is 10.8 Å². The fraction of sp³-hybridized carbons (Fsp3) is 0.273. The lowest BCUT2D eigenvalue weighted by Crippen LogP contribution is -2.17. The minimum atomic E-state index is -0.128. The average molecular weight is 382 g/mol. The van der Waals surface area contributed by atoms with E-state index in [9.17, 15) is 4.79 Å². The molecule has 0 atom stereocenters. The van der Waals surface area contributed by atoms with Crippen LogP contribution in [0.3, 0.4) is 0 Å². The number of amides is 1. The predicted molar refractivity (Wildman–Crippen MR) is 111 cm³/mol. The van der Waals surface area contributed by atoms with Gasteiger partial charge in [-0.05, 0) is 30.7 Å². The zero-order valence-electron chi connectivity index (χ0n) is 16.1. The van der Waals surface area contributed by atoms with Gasteiger partial charge in [-0.1, -0.05) is 68.3 Å². The molecule has 0 unspecified atom stereocenters. The van der Waals surface area contributed by atoms with E-state index in [1.807, 2.05) is 55.5 Å². The van der Waals surface area contributed by atoms with Gasteiger partial charge in [0, 0.05) is 16.5 Å². The summed E-state index contributed by atoms with van der Waals surface area (Å²) in [5.41, 5.74) is 3.67. The Morgan fingerprint density at radius 3 is 2.41 bits per heavy atom. The number of carbonyl (C=O) groups is 1. The molecule has 3 rings (SSSR count). The summed E-state index contributed by atoms with van der Waals surface area (Å²) in [6, 6.07) is 17.4. The number of hydrogen-bond acceptors (Lipinski definition) is 2. The molecule has 1 aromatic heterocycles. The molecule has 1 N–H and O–H groups in total. The first-order chi connectivity index (χ1) is 12.7. The van der Waals surface area contributed by atoms with Crippen molar-refractivity contribution in [3.8, 4) is 5.69 Å². The van der Waals surface area contributed by atoms with Gasteiger partial charge in [0.15, 0.2) is 0 Å². The Hall–Kier alpha value is -2.59. The van der Waals surface area contributed by atoms with E-state index in [1.165, 1.54) is 5.56 Å². The monoisotopic (exact) mass is 381 g/mol. The maximum Gasteiger partial charge on any atom is 0.230 e. The number of nitrogens with zero attached hydrogens (tertiary/aromatic N) is 2. The van der Waals surface area contributed by atoms with E-state index in [2.05, 4.69) is 26.1 Å². The smallest absolute Gasteiger partial charge is 0.230 e. The molecule has 140 valence electrons. The molecule has 5 heteroatoms. The number of carbonyl (C=O) groups excluding carboxylic acids is 1. The predicted octanol–water partition coefficient (Wildman–Crippen LogP) is 5.31. The summed E-state index contributed by atoms with van der Waals surface area (Å²) in [6.45, 7) is 8.35. The maximum absolute atomic E-state index is 12.6. The van der Waals surface area contributed by atoms with Crippen molar-refractivity contribution >= 4 is 23.3 Å². The van der Waals surface area contributed by atoms with Crippen LogP contribution in [0.4, 0.5) is 5.82 Å². The number of aromatic nitrogens is 2. The Kier molecular flexibility index (Phi) is 5.38. The molecule has 4 nitrogen and oxygen atoms in total. The van der Waals surface area contributed by atoms with Gasteiger partial charge >= 0.3 is 0 Å². The van der Waals surface area contributed by atoms with Crippen LogP contribution in [0.25, 0.3) is 5.69 Å². The van der Waals surface area contributed by atoms with Gasteiger partial charge in [0.2, 0.25) is 5.91 Å². The van der Waals surface area contributed by atoms with Gasteiger partial charge in [0.25, 0.3) is 0 Å². The van der Waals surface area contributed by atoms with E-state index in [1.54, 1.807) is 10.7 Å². The van der Waals surface area contributed by atoms with E-state index in [-0.39, 0.29) is 17.7 Å². The summed E-state index contributed by atoms with van der Waals surface area (Å²) in [4.78, 5) is 12.6. The lowest BCUT2D eigenvalue weighted by Gasteiger charge is -2.14. The summed E-state index contributed by atoms with van der Waals surface area (Å²) in [5, 5.41) is 8.32. The second-order valence-electron chi connectivity index (χ2n) is 7.73. The highest BCUT2D eigenvalue weighted by atomic mass is 35.5. The van der Waals surface area contributed by atoms with Gasteiger partial charge < -0.3 is 5.32 Å². The Morgan fingerprint density at radius 1 is 1.11 bits per heavy atom. The van der Waals surface area contributed by atoms with Crippen LogP contribution in [0.1, 0.15) is 37.6 Å². The SMILES string of the molecule is Cc1ccc(-n2nc(C(C)(C)C)cc2NC(=O)Cc2ccccc2Cl)cc1. The van der Waals surface area contributed by atoms with Crippen molar-refractivity contribution in [2.24, 2.45) is 0 Å². The van der Waals surface area contributed by atoms with Crippen LogP contribution >= 0.6 is 11.6 Å². The molecule has 0 radical (unpaired) electrons. The van der Waals surface area contributed by atoms with Gasteiger partial charge in [-0.25, -0.2) is 4.68 Å². The van der Waals surface area contributed by atoms with Gasteiger partial charge in [-0.3, -0.25) is 4.79 Å². The van der Waals surface area contributed by atoms with Crippen molar-refractivity contribution in [2.75, 3.05) is 5.32 Å². The van der Waals surface area contributed by atoms with Crippen LogP contribution in [0.2, 0.25) is 5.02 Å². The third kappa shape index (κ3) is 4.58. The molecule has 2 aromatic carbocycles. The van der Waals surface area contributed by atoms with Crippen LogP contribution in [0, 0.1) is 6.92 Å².